The lowest BCUT2D eigenvalue weighted by Crippen LogP contribution is -2.27. The summed E-state index contributed by atoms with van der Waals surface area (Å²) in [7, 11) is 0. The normalized spacial score (nSPS) is 17.0. The van der Waals surface area contributed by atoms with E-state index < -0.39 is 23.5 Å². The number of anilines is 1. The zero-order chi connectivity index (χ0) is 19.5. The van der Waals surface area contributed by atoms with Crippen molar-refractivity contribution in [3.05, 3.63) is 47.5 Å². The van der Waals surface area contributed by atoms with Gasteiger partial charge < -0.3 is 14.6 Å². The first-order valence-corrected chi connectivity index (χ1v) is 8.16. The molecule has 0 fully saturated rings. The molecule has 1 aromatic rings. The topological polar surface area (TPSA) is 84.9 Å². The van der Waals surface area contributed by atoms with Gasteiger partial charge in [0.25, 0.3) is 0 Å². The first-order valence-electron chi connectivity index (χ1n) is 8.16. The molecule has 140 valence electrons. The molecule has 0 aromatic heterocycles. The van der Waals surface area contributed by atoms with Crippen molar-refractivity contribution in [1.82, 2.24) is 0 Å². The van der Waals surface area contributed by atoms with Gasteiger partial charge in [-0.05, 0) is 44.9 Å². The van der Waals surface area contributed by atoms with Crippen LogP contribution in [0.5, 0.6) is 5.75 Å². The van der Waals surface area contributed by atoms with E-state index in [2.05, 4.69) is 5.32 Å². The summed E-state index contributed by atoms with van der Waals surface area (Å²) in [4.78, 5) is 22.8. The van der Waals surface area contributed by atoms with Crippen molar-refractivity contribution in [1.29, 1.82) is 0 Å². The van der Waals surface area contributed by atoms with E-state index in [-0.39, 0.29) is 22.9 Å². The highest BCUT2D eigenvalue weighted by Gasteiger charge is 2.19. The van der Waals surface area contributed by atoms with Crippen LogP contribution in [-0.4, -0.2) is 22.8 Å². The molecule has 2 rings (SSSR count). The van der Waals surface area contributed by atoms with E-state index in [0.29, 0.717) is 12.2 Å². The minimum atomic E-state index is -1.04. The lowest BCUT2D eigenvalue weighted by atomic mass is 9.96. The number of amides is 1. The van der Waals surface area contributed by atoms with Crippen LogP contribution in [0.2, 0.25) is 0 Å². The van der Waals surface area contributed by atoms with Crippen molar-refractivity contribution in [3.63, 3.8) is 0 Å². The average Bonchev–Trinajstić information content (AvgIpc) is 2.47. The molecule has 0 aliphatic heterocycles. The van der Waals surface area contributed by atoms with Gasteiger partial charge >= 0.3 is 12.1 Å². The third kappa shape index (κ3) is 5.61. The Morgan fingerprint density at radius 1 is 1.31 bits per heavy atom. The van der Waals surface area contributed by atoms with Crippen molar-refractivity contribution in [2.24, 2.45) is 5.92 Å². The predicted octanol–water partition coefficient (Wildman–Crippen LogP) is 4.49. The summed E-state index contributed by atoms with van der Waals surface area (Å²) in [6, 6.07) is 3.96. The summed E-state index contributed by atoms with van der Waals surface area (Å²) in [5.74, 6) is -1.08. The second kappa shape index (κ2) is 7.59. The highest BCUT2D eigenvalue weighted by molar-refractivity contribution is 5.90. The Kier molecular flexibility index (Phi) is 5.69. The minimum Gasteiger partial charge on any atom is -0.478 e. The van der Waals surface area contributed by atoms with Gasteiger partial charge in [0, 0.05) is 12.5 Å². The van der Waals surface area contributed by atoms with Crippen molar-refractivity contribution >= 4 is 17.7 Å². The van der Waals surface area contributed by atoms with Crippen molar-refractivity contribution < 1.29 is 28.6 Å². The maximum absolute atomic E-state index is 14.2. The Labute approximate surface area is 151 Å². The number of hydrogen-bond acceptors (Lipinski definition) is 4. The molecule has 0 radical (unpaired) electrons. The number of aliphatic carboxylic acids is 1. The van der Waals surface area contributed by atoms with Crippen LogP contribution in [0, 0.1) is 11.7 Å². The molecular weight excluding hydrogens is 341 g/mol. The quantitative estimate of drug-likeness (QED) is 0.823. The van der Waals surface area contributed by atoms with Gasteiger partial charge in [-0.15, -0.1) is 0 Å². The molecule has 1 aromatic carbocycles. The molecule has 1 atom stereocenters. The van der Waals surface area contributed by atoms with Gasteiger partial charge in [0.05, 0.1) is 11.3 Å². The SMILES string of the molecule is CC1C=C(C(=O)O)C=C(Oc2ccc(NC(=O)OC(C)(C)C)c(F)c2)C1. The maximum atomic E-state index is 14.2. The number of carbonyl (C=O) groups excluding carboxylic acids is 1. The van der Waals surface area contributed by atoms with Gasteiger partial charge in [-0.1, -0.05) is 13.0 Å². The van der Waals surface area contributed by atoms with Crippen LogP contribution in [0.15, 0.2) is 41.7 Å². The average molecular weight is 363 g/mol. The number of halogens is 1. The van der Waals surface area contributed by atoms with Crippen LogP contribution in [0.4, 0.5) is 14.9 Å². The third-order valence-electron chi connectivity index (χ3n) is 3.38. The fraction of sp³-hybridized carbons (Fsp3) is 0.368. The van der Waals surface area contributed by atoms with Crippen LogP contribution >= 0.6 is 0 Å². The monoisotopic (exact) mass is 363 g/mol. The second-order valence-corrected chi connectivity index (χ2v) is 7.09. The Balaban J connectivity index is 2.09. The van der Waals surface area contributed by atoms with Crippen molar-refractivity contribution in [2.75, 3.05) is 5.32 Å². The molecule has 1 aliphatic carbocycles. The van der Waals surface area contributed by atoms with Gasteiger partial charge in [0.1, 0.15) is 17.1 Å². The summed E-state index contributed by atoms with van der Waals surface area (Å²) >= 11 is 0. The summed E-state index contributed by atoms with van der Waals surface area (Å²) in [6.07, 6.45) is 2.82. The molecule has 1 amide bonds. The van der Waals surface area contributed by atoms with E-state index in [4.69, 9.17) is 14.6 Å². The van der Waals surface area contributed by atoms with Crippen LogP contribution in [0.3, 0.4) is 0 Å². The number of rotatable bonds is 4. The highest BCUT2D eigenvalue weighted by atomic mass is 19.1. The van der Waals surface area contributed by atoms with Crippen LogP contribution < -0.4 is 10.1 Å². The minimum absolute atomic E-state index is 0.000875. The number of allylic oxidation sites excluding steroid dienone is 2. The van der Waals surface area contributed by atoms with Crippen molar-refractivity contribution in [2.45, 2.75) is 39.7 Å². The van der Waals surface area contributed by atoms with Crippen LogP contribution in [0.1, 0.15) is 34.1 Å². The number of benzene rings is 1. The van der Waals surface area contributed by atoms with E-state index in [9.17, 15) is 14.0 Å². The molecule has 0 bridgehead atoms. The molecule has 0 spiro atoms. The molecule has 26 heavy (non-hydrogen) atoms. The zero-order valence-corrected chi connectivity index (χ0v) is 15.1. The van der Waals surface area contributed by atoms with Crippen molar-refractivity contribution in [3.8, 4) is 5.75 Å². The van der Waals surface area contributed by atoms with Crippen LogP contribution in [-0.2, 0) is 9.53 Å². The zero-order valence-electron chi connectivity index (χ0n) is 15.1. The summed E-state index contributed by atoms with van der Waals surface area (Å²) in [6.45, 7) is 6.99. The number of hydrogen-bond donors (Lipinski definition) is 2. The maximum Gasteiger partial charge on any atom is 0.412 e. The molecule has 1 unspecified atom stereocenters. The number of ether oxygens (including phenoxy) is 2. The van der Waals surface area contributed by atoms with Gasteiger partial charge in [0.15, 0.2) is 5.82 Å². The number of carboxylic acids is 1. The molecule has 0 saturated carbocycles. The number of nitrogens with one attached hydrogen (secondary N) is 1. The van der Waals surface area contributed by atoms with Gasteiger partial charge in [0.2, 0.25) is 0 Å². The fourth-order valence-electron chi connectivity index (χ4n) is 2.39. The Hall–Kier alpha value is -2.83. The Morgan fingerprint density at radius 3 is 2.58 bits per heavy atom. The van der Waals surface area contributed by atoms with E-state index in [1.807, 2.05) is 6.92 Å². The lowest BCUT2D eigenvalue weighted by molar-refractivity contribution is -0.132. The summed E-state index contributed by atoms with van der Waals surface area (Å²) in [5, 5.41) is 11.4. The predicted molar refractivity (Wildman–Crippen MR) is 94.5 cm³/mol. The lowest BCUT2D eigenvalue weighted by Gasteiger charge is -2.20. The fourth-order valence-corrected chi connectivity index (χ4v) is 2.39. The third-order valence-corrected chi connectivity index (χ3v) is 3.38. The molecular formula is C19H22FNO5. The van der Waals surface area contributed by atoms with Crippen LogP contribution in [0.25, 0.3) is 0 Å². The van der Waals surface area contributed by atoms with Gasteiger partial charge in [-0.3, -0.25) is 5.32 Å². The smallest absolute Gasteiger partial charge is 0.412 e. The molecule has 7 heteroatoms. The molecule has 1 aliphatic rings. The largest absolute Gasteiger partial charge is 0.478 e. The summed E-state index contributed by atoms with van der Waals surface area (Å²) < 4.78 is 24.9. The van der Waals surface area contributed by atoms with E-state index in [1.165, 1.54) is 18.2 Å². The molecule has 6 nitrogen and oxygen atoms in total. The van der Waals surface area contributed by atoms with Gasteiger partial charge in [-0.2, -0.15) is 0 Å². The Morgan fingerprint density at radius 2 is 2.00 bits per heavy atom. The summed E-state index contributed by atoms with van der Waals surface area (Å²) in [5.41, 5.74) is -0.588. The Bertz CT molecular complexity index is 777. The second-order valence-electron chi connectivity index (χ2n) is 7.09. The first-order chi connectivity index (χ1) is 12.0. The molecule has 2 N–H and O–H groups in total. The van der Waals surface area contributed by atoms with E-state index in [1.54, 1.807) is 26.8 Å². The highest BCUT2D eigenvalue weighted by Crippen LogP contribution is 2.28. The standard InChI is InChI=1S/C19H22FNO5/c1-11-7-12(17(22)23)9-14(8-11)25-13-5-6-16(15(20)10-13)21-18(24)26-19(2,3)4/h5-7,9-11H,8H2,1-4H3,(H,21,24)(H,22,23). The first kappa shape index (κ1) is 19.5. The number of carbonyl (C=O) groups is 2. The molecule has 0 saturated heterocycles. The van der Waals surface area contributed by atoms with Gasteiger partial charge in [-0.25, -0.2) is 14.0 Å². The number of carboxylic acid groups (broad SMARTS) is 1. The van der Waals surface area contributed by atoms with E-state index in [0.717, 1.165) is 6.07 Å². The van der Waals surface area contributed by atoms with E-state index >= 15 is 0 Å². The molecule has 0 heterocycles.